The fourth-order valence-corrected chi connectivity index (χ4v) is 8.82. The number of carbonyl (C=O) groups is 1. The highest BCUT2D eigenvalue weighted by atomic mass is 35.5. The highest BCUT2D eigenvalue weighted by Crippen LogP contribution is 2.61. The van der Waals surface area contributed by atoms with Crippen molar-refractivity contribution in [2.75, 3.05) is 26.3 Å². The van der Waals surface area contributed by atoms with Gasteiger partial charge in [0.1, 0.15) is 4.90 Å². The zero-order valence-corrected chi connectivity index (χ0v) is 19.6. The molecule has 1 N–H and O–H groups in total. The number of morpholine rings is 1. The summed E-state index contributed by atoms with van der Waals surface area (Å²) in [4.78, 5) is 13.1. The Morgan fingerprint density at radius 3 is 2.29 bits per heavy atom. The molecule has 31 heavy (non-hydrogen) atoms. The van der Waals surface area contributed by atoms with E-state index in [-0.39, 0.29) is 40.4 Å². The van der Waals surface area contributed by atoms with Gasteiger partial charge in [0.25, 0.3) is 5.91 Å². The smallest absolute Gasteiger partial charge is 0.251 e. The number of nitrogens with one attached hydrogen (secondary N) is 1. The van der Waals surface area contributed by atoms with E-state index in [9.17, 15) is 13.2 Å². The van der Waals surface area contributed by atoms with Gasteiger partial charge in [-0.1, -0.05) is 11.6 Å². The van der Waals surface area contributed by atoms with E-state index < -0.39 is 10.0 Å². The summed E-state index contributed by atoms with van der Waals surface area (Å²) < 4.78 is 32.8. The third-order valence-electron chi connectivity index (χ3n) is 8.13. The Balaban J connectivity index is 1.35. The molecular weight excluding hydrogens is 436 g/mol. The zero-order chi connectivity index (χ0) is 21.8. The SMILES string of the molecule is C[C@@H](NC(=O)c1ccc(Cl)c(S(=O)(=O)N2CCOCC2)c1)C12CC3CC(CC(C3)C1)C2. The van der Waals surface area contributed by atoms with Crippen LogP contribution in [0.2, 0.25) is 5.02 Å². The molecular formula is C23H31ClN2O4S. The number of benzene rings is 1. The number of carbonyl (C=O) groups excluding carboxylic acids is 1. The summed E-state index contributed by atoms with van der Waals surface area (Å²) in [5.74, 6) is 2.21. The van der Waals surface area contributed by atoms with Crippen LogP contribution in [0.4, 0.5) is 0 Å². The molecule has 4 aliphatic carbocycles. The molecule has 1 heterocycles. The first-order chi connectivity index (χ1) is 14.8. The van der Waals surface area contributed by atoms with Crippen LogP contribution in [0.5, 0.6) is 0 Å². The molecule has 0 spiro atoms. The average molecular weight is 467 g/mol. The van der Waals surface area contributed by atoms with Crippen molar-refractivity contribution in [2.45, 2.75) is 56.4 Å². The number of halogens is 1. The maximum Gasteiger partial charge on any atom is 0.251 e. The van der Waals surface area contributed by atoms with Crippen molar-refractivity contribution in [1.29, 1.82) is 0 Å². The molecule has 0 aromatic heterocycles. The van der Waals surface area contributed by atoms with Gasteiger partial charge in [0.2, 0.25) is 10.0 Å². The predicted octanol–water partition coefficient (Wildman–Crippen LogP) is 3.70. The summed E-state index contributed by atoms with van der Waals surface area (Å²) >= 11 is 6.25. The summed E-state index contributed by atoms with van der Waals surface area (Å²) in [6.45, 7) is 3.43. The highest BCUT2D eigenvalue weighted by molar-refractivity contribution is 7.89. The van der Waals surface area contributed by atoms with Gasteiger partial charge in [-0.2, -0.15) is 4.31 Å². The highest BCUT2D eigenvalue weighted by Gasteiger charge is 2.53. The number of hydrogen-bond acceptors (Lipinski definition) is 4. The number of rotatable bonds is 5. The minimum absolute atomic E-state index is 0.00817. The summed E-state index contributed by atoms with van der Waals surface area (Å²) in [7, 11) is -3.77. The van der Waals surface area contributed by atoms with Gasteiger partial charge in [-0.15, -0.1) is 0 Å². The quantitative estimate of drug-likeness (QED) is 0.717. The van der Waals surface area contributed by atoms with Crippen LogP contribution in [0.3, 0.4) is 0 Å². The van der Waals surface area contributed by atoms with Crippen molar-refractivity contribution in [1.82, 2.24) is 9.62 Å². The first-order valence-electron chi connectivity index (χ1n) is 11.5. The van der Waals surface area contributed by atoms with Gasteiger partial charge < -0.3 is 10.1 Å². The van der Waals surface area contributed by atoms with Crippen LogP contribution < -0.4 is 5.32 Å². The minimum atomic E-state index is -3.77. The topological polar surface area (TPSA) is 75.7 Å². The molecule has 1 saturated heterocycles. The number of sulfonamides is 1. The standard InChI is InChI=1S/C23H31ClN2O4S/c1-15(23-12-16-8-17(13-23)10-18(9-16)14-23)25-22(27)19-2-3-20(24)21(11-19)31(28,29)26-4-6-30-7-5-26/h2-3,11,15-18H,4-10,12-14H2,1H3,(H,25,27)/t15-,16?,17?,18?,23?/m1/s1. The second-order valence-electron chi connectivity index (χ2n) is 10.1. The van der Waals surface area contributed by atoms with Crippen LogP contribution in [0.1, 0.15) is 55.8 Å². The molecule has 0 radical (unpaired) electrons. The lowest BCUT2D eigenvalue weighted by Gasteiger charge is -2.59. The van der Waals surface area contributed by atoms with Crippen LogP contribution in [-0.2, 0) is 14.8 Å². The molecule has 1 aliphatic heterocycles. The Morgan fingerprint density at radius 1 is 1.13 bits per heavy atom. The van der Waals surface area contributed by atoms with Gasteiger partial charge in [-0.05, 0) is 86.8 Å². The van der Waals surface area contributed by atoms with E-state index >= 15 is 0 Å². The monoisotopic (exact) mass is 466 g/mol. The third kappa shape index (κ3) is 3.92. The molecule has 4 saturated carbocycles. The summed E-state index contributed by atoms with van der Waals surface area (Å²) in [5.41, 5.74) is 0.535. The van der Waals surface area contributed by atoms with Crippen molar-refractivity contribution in [3.05, 3.63) is 28.8 Å². The molecule has 5 aliphatic rings. The van der Waals surface area contributed by atoms with Crippen molar-refractivity contribution in [2.24, 2.45) is 23.2 Å². The molecule has 4 bridgehead atoms. The summed E-state index contributed by atoms with van der Waals surface area (Å²) in [5, 5.41) is 3.36. The van der Waals surface area contributed by atoms with Crippen LogP contribution in [-0.4, -0.2) is 51.0 Å². The summed E-state index contributed by atoms with van der Waals surface area (Å²) in [6.07, 6.45) is 7.70. The van der Waals surface area contributed by atoms with Gasteiger partial charge in [0.05, 0.1) is 18.2 Å². The maximum absolute atomic E-state index is 13.1. The second kappa shape index (κ2) is 8.01. The third-order valence-corrected chi connectivity index (χ3v) is 10.5. The Bertz CT molecular complexity index is 939. The summed E-state index contributed by atoms with van der Waals surface area (Å²) in [6, 6.07) is 4.62. The Hall–Kier alpha value is -1.15. The normalized spacial score (nSPS) is 33.9. The largest absolute Gasteiger partial charge is 0.379 e. The van der Waals surface area contributed by atoms with Gasteiger partial charge in [-0.3, -0.25) is 4.79 Å². The molecule has 5 fully saturated rings. The lowest BCUT2D eigenvalue weighted by atomic mass is 9.48. The van der Waals surface area contributed by atoms with Crippen molar-refractivity contribution < 1.29 is 17.9 Å². The molecule has 6 rings (SSSR count). The maximum atomic E-state index is 13.1. The number of amides is 1. The Labute approximate surface area is 189 Å². The Kier molecular flexibility index (Phi) is 5.60. The number of ether oxygens (including phenoxy) is 1. The van der Waals surface area contributed by atoms with Gasteiger partial charge in [0, 0.05) is 24.7 Å². The van der Waals surface area contributed by atoms with E-state index in [1.54, 1.807) is 6.07 Å². The van der Waals surface area contributed by atoms with Crippen molar-refractivity contribution in [3.8, 4) is 0 Å². The Morgan fingerprint density at radius 2 is 1.71 bits per heavy atom. The van der Waals surface area contributed by atoms with Gasteiger partial charge in [-0.25, -0.2) is 8.42 Å². The first kappa shape index (κ1) is 21.7. The van der Waals surface area contributed by atoms with E-state index in [2.05, 4.69) is 12.2 Å². The molecule has 170 valence electrons. The van der Waals surface area contributed by atoms with Crippen LogP contribution in [0.25, 0.3) is 0 Å². The molecule has 1 aromatic rings. The number of hydrogen-bond donors (Lipinski definition) is 1. The van der Waals surface area contributed by atoms with E-state index in [0.717, 1.165) is 17.8 Å². The lowest BCUT2D eigenvalue weighted by molar-refractivity contribution is -0.0688. The molecule has 1 atom stereocenters. The van der Waals surface area contributed by atoms with E-state index in [1.807, 2.05) is 0 Å². The lowest BCUT2D eigenvalue weighted by Crippen LogP contribution is -2.55. The first-order valence-corrected chi connectivity index (χ1v) is 13.3. The molecule has 1 aromatic carbocycles. The minimum Gasteiger partial charge on any atom is -0.379 e. The predicted molar refractivity (Wildman–Crippen MR) is 119 cm³/mol. The zero-order valence-electron chi connectivity index (χ0n) is 18.0. The van der Waals surface area contributed by atoms with E-state index in [1.165, 1.54) is 55.0 Å². The fourth-order valence-electron chi connectivity index (χ4n) is 6.91. The van der Waals surface area contributed by atoms with Crippen LogP contribution >= 0.6 is 11.6 Å². The second-order valence-corrected chi connectivity index (χ2v) is 12.5. The molecule has 0 unspecified atom stereocenters. The number of nitrogens with zero attached hydrogens (tertiary/aromatic N) is 1. The van der Waals surface area contributed by atoms with Crippen molar-refractivity contribution in [3.63, 3.8) is 0 Å². The van der Waals surface area contributed by atoms with Crippen LogP contribution in [0, 0.1) is 23.2 Å². The molecule has 6 nitrogen and oxygen atoms in total. The van der Waals surface area contributed by atoms with Gasteiger partial charge in [0.15, 0.2) is 0 Å². The molecule has 1 amide bonds. The fraction of sp³-hybridized carbons (Fsp3) is 0.696. The molecule has 8 heteroatoms. The van der Waals surface area contributed by atoms with Crippen LogP contribution in [0.15, 0.2) is 23.1 Å². The van der Waals surface area contributed by atoms with E-state index in [0.29, 0.717) is 18.8 Å². The van der Waals surface area contributed by atoms with E-state index in [4.69, 9.17) is 16.3 Å². The van der Waals surface area contributed by atoms with Crippen molar-refractivity contribution >= 4 is 27.5 Å². The van der Waals surface area contributed by atoms with Gasteiger partial charge >= 0.3 is 0 Å². The average Bonchev–Trinajstić information content (AvgIpc) is 2.73.